The minimum absolute atomic E-state index is 0.185. The van der Waals surface area contributed by atoms with E-state index in [9.17, 15) is 14.4 Å². The summed E-state index contributed by atoms with van der Waals surface area (Å²) in [6.07, 6.45) is 0. The summed E-state index contributed by atoms with van der Waals surface area (Å²) in [6, 6.07) is -1.46. The van der Waals surface area contributed by atoms with Crippen molar-refractivity contribution in [1.82, 2.24) is 16.0 Å². The fraction of sp³-hybridized carbons (Fsp3) is 0.667. The van der Waals surface area contributed by atoms with Gasteiger partial charge >= 0.3 is 0 Å². The van der Waals surface area contributed by atoms with Gasteiger partial charge in [-0.25, -0.2) is 0 Å². The molecule has 0 aromatic carbocycles. The molecule has 0 saturated heterocycles. The third kappa shape index (κ3) is 5.27. The molecule has 0 saturated carbocycles. The van der Waals surface area contributed by atoms with E-state index in [1.807, 2.05) is 0 Å². The third-order valence-corrected chi connectivity index (χ3v) is 2.10. The predicted octanol–water partition coefficient (Wildman–Crippen LogP) is -3.36. The van der Waals surface area contributed by atoms with Crippen molar-refractivity contribution in [1.29, 1.82) is 0 Å². The Morgan fingerprint density at radius 3 is 1.94 bits per heavy atom. The van der Waals surface area contributed by atoms with E-state index in [4.69, 9.17) is 11.5 Å². The molecule has 8 heteroatoms. The standard InChI is InChI=1S/C9H19N5O3/c1-5(13-6(15)3-10)8(9(17)12-2)14-7(16)4-11/h5,8H,3-4,10-11H2,1-2H3,(H,12,17)(H,13,15)(H,14,16)/t5-,8?/m0/s1. The van der Waals surface area contributed by atoms with Crippen LogP contribution in [0.25, 0.3) is 0 Å². The van der Waals surface area contributed by atoms with Crippen LogP contribution in [0.1, 0.15) is 6.92 Å². The lowest BCUT2D eigenvalue weighted by Crippen LogP contribution is -2.58. The van der Waals surface area contributed by atoms with Gasteiger partial charge in [0.2, 0.25) is 17.7 Å². The summed E-state index contributed by atoms with van der Waals surface area (Å²) in [6.45, 7) is 1.17. The summed E-state index contributed by atoms with van der Waals surface area (Å²) in [7, 11) is 1.43. The predicted molar refractivity (Wildman–Crippen MR) is 61.7 cm³/mol. The molecule has 0 rings (SSSR count). The van der Waals surface area contributed by atoms with Gasteiger partial charge in [-0.15, -0.1) is 0 Å². The van der Waals surface area contributed by atoms with Crippen molar-refractivity contribution >= 4 is 17.7 Å². The number of rotatable bonds is 6. The van der Waals surface area contributed by atoms with Gasteiger partial charge in [0.05, 0.1) is 19.1 Å². The van der Waals surface area contributed by atoms with E-state index in [1.165, 1.54) is 7.05 Å². The molecule has 0 aromatic heterocycles. The molecule has 0 aliphatic carbocycles. The zero-order chi connectivity index (χ0) is 13.4. The van der Waals surface area contributed by atoms with Gasteiger partial charge in [-0.3, -0.25) is 14.4 Å². The second-order valence-corrected chi connectivity index (χ2v) is 3.42. The first-order valence-electron chi connectivity index (χ1n) is 5.16. The van der Waals surface area contributed by atoms with Crippen molar-refractivity contribution in [3.05, 3.63) is 0 Å². The number of carbonyl (C=O) groups is 3. The monoisotopic (exact) mass is 245 g/mol. The van der Waals surface area contributed by atoms with Gasteiger partial charge in [-0.2, -0.15) is 0 Å². The molecule has 0 bridgehead atoms. The molecule has 0 aliphatic heterocycles. The summed E-state index contributed by atoms with van der Waals surface area (Å²) in [5, 5.41) is 7.30. The largest absolute Gasteiger partial charge is 0.357 e. The highest BCUT2D eigenvalue weighted by Gasteiger charge is 2.26. The van der Waals surface area contributed by atoms with E-state index >= 15 is 0 Å². The maximum atomic E-state index is 11.5. The van der Waals surface area contributed by atoms with E-state index in [2.05, 4.69) is 16.0 Å². The van der Waals surface area contributed by atoms with Crippen molar-refractivity contribution in [2.24, 2.45) is 11.5 Å². The number of amides is 3. The average Bonchev–Trinajstić information content (AvgIpc) is 2.33. The fourth-order valence-corrected chi connectivity index (χ4v) is 1.20. The number of nitrogens with one attached hydrogen (secondary N) is 3. The van der Waals surface area contributed by atoms with Crippen LogP contribution in [0, 0.1) is 0 Å². The highest BCUT2D eigenvalue weighted by molar-refractivity contribution is 5.89. The molecule has 0 fully saturated rings. The Morgan fingerprint density at radius 2 is 1.53 bits per heavy atom. The van der Waals surface area contributed by atoms with Crippen molar-refractivity contribution in [3.8, 4) is 0 Å². The normalized spacial score (nSPS) is 13.4. The third-order valence-electron chi connectivity index (χ3n) is 2.10. The number of likely N-dealkylation sites (N-methyl/N-ethyl adjacent to an activating group) is 1. The molecule has 3 amide bonds. The van der Waals surface area contributed by atoms with E-state index in [1.54, 1.807) is 6.92 Å². The molecule has 0 heterocycles. The quantitative estimate of drug-likeness (QED) is 0.332. The molecular weight excluding hydrogens is 226 g/mol. The first-order valence-corrected chi connectivity index (χ1v) is 5.16. The zero-order valence-electron chi connectivity index (χ0n) is 9.95. The Hall–Kier alpha value is -1.67. The summed E-state index contributed by atoms with van der Waals surface area (Å²) in [5.41, 5.74) is 10.3. The first-order chi connectivity index (χ1) is 7.96. The van der Waals surface area contributed by atoms with Crippen LogP contribution in [-0.4, -0.2) is 49.9 Å². The topological polar surface area (TPSA) is 139 Å². The molecule has 98 valence electrons. The highest BCUT2D eigenvalue weighted by atomic mass is 16.2. The van der Waals surface area contributed by atoms with Crippen LogP contribution in [0.5, 0.6) is 0 Å². The Bertz CT molecular complexity index is 294. The summed E-state index contributed by atoms with van der Waals surface area (Å²) in [4.78, 5) is 33.8. The molecule has 0 radical (unpaired) electrons. The second-order valence-electron chi connectivity index (χ2n) is 3.42. The molecule has 0 aromatic rings. The summed E-state index contributed by atoms with van der Waals surface area (Å²) >= 11 is 0. The molecule has 8 nitrogen and oxygen atoms in total. The molecule has 2 atom stereocenters. The van der Waals surface area contributed by atoms with Gasteiger partial charge in [0.15, 0.2) is 0 Å². The Balaban J connectivity index is 4.61. The lowest BCUT2D eigenvalue weighted by atomic mass is 10.1. The Labute approximate surface area is 99.5 Å². The van der Waals surface area contributed by atoms with Crippen LogP contribution >= 0.6 is 0 Å². The molecule has 0 spiro atoms. The second kappa shape index (κ2) is 7.58. The first kappa shape index (κ1) is 15.3. The van der Waals surface area contributed by atoms with E-state index in [0.29, 0.717) is 0 Å². The molecule has 0 aliphatic rings. The smallest absolute Gasteiger partial charge is 0.244 e. The average molecular weight is 245 g/mol. The van der Waals surface area contributed by atoms with Crippen molar-refractivity contribution < 1.29 is 14.4 Å². The van der Waals surface area contributed by atoms with Crippen molar-refractivity contribution in [2.45, 2.75) is 19.0 Å². The molecular formula is C9H19N5O3. The molecule has 17 heavy (non-hydrogen) atoms. The Morgan fingerprint density at radius 1 is 1.06 bits per heavy atom. The Kier molecular flexibility index (Phi) is 6.83. The van der Waals surface area contributed by atoms with Crippen LogP contribution in [0.15, 0.2) is 0 Å². The maximum Gasteiger partial charge on any atom is 0.244 e. The molecule has 7 N–H and O–H groups in total. The SMILES string of the molecule is CNC(=O)C(NC(=O)CN)[C@H](C)NC(=O)CN. The fourth-order valence-electron chi connectivity index (χ4n) is 1.20. The van der Waals surface area contributed by atoms with Gasteiger partial charge in [-0.05, 0) is 6.92 Å². The van der Waals surface area contributed by atoms with Crippen LogP contribution in [0.3, 0.4) is 0 Å². The van der Waals surface area contributed by atoms with E-state index in [-0.39, 0.29) is 13.1 Å². The van der Waals surface area contributed by atoms with Gasteiger partial charge in [0, 0.05) is 7.05 Å². The summed E-state index contributed by atoms with van der Waals surface area (Å²) in [5.74, 6) is -1.31. The van der Waals surface area contributed by atoms with Gasteiger partial charge in [-0.1, -0.05) is 0 Å². The summed E-state index contributed by atoms with van der Waals surface area (Å²) < 4.78 is 0. The highest BCUT2D eigenvalue weighted by Crippen LogP contribution is 1.94. The van der Waals surface area contributed by atoms with E-state index in [0.717, 1.165) is 0 Å². The molecule has 1 unspecified atom stereocenters. The van der Waals surface area contributed by atoms with Crippen LogP contribution in [-0.2, 0) is 14.4 Å². The van der Waals surface area contributed by atoms with E-state index < -0.39 is 29.8 Å². The zero-order valence-corrected chi connectivity index (χ0v) is 9.95. The van der Waals surface area contributed by atoms with Gasteiger partial charge < -0.3 is 27.4 Å². The lowest BCUT2D eigenvalue weighted by molar-refractivity contribution is -0.129. The van der Waals surface area contributed by atoms with Gasteiger partial charge in [0.25, 0.3) is 0 Å². The number of nitrogens with two attached hydrogens (primary N) is 2. The van der Waals surface area contributed by atoms with Crippen molar-refractivity contribution in [3.63, 3.8) is 0 Å². The minimum Gasteiger partial charge on any atom is -0.357 e. The van der Waals surface area contributed by atoms with Crippen LogP contribution < -0.4 is 27.4 Å². The van der Waals surface area contributed by atoms with Crippen LogP contribution in [0.4, 0.5) is 0 Å². The maximum absolute atomic E-state index is 11.5. The minimum atomic E-state index is -0.883. The van der Waals surface area contributed by atoms with Crippen molar-refractivity contribution in [2.75, 3.05) is 20.1 Å². The number of hydrogen-bond acceptors (Lipinski definition) is 5. The number of hydrogen-bond donors (Lipinski definition) is 5. The van der Waals surface area contributed by atoms with Crippen LogP contribution in [0.2, 0.25) is 0 Å². The number of carbonyl (C=O) groups excluding carboxylic acids is 3. The lowest BCUT2D eigenvalue weighted by Gasteiger charge is -2.24. The van der Waals surface area contributed by atoms with Gasteiger partial charge in [0.1, 0.15) is 6.04 Å².